The molecule has 1 aliphatic rings. The molecule has 3 aromatic rings. The van der Waals surface area contributed by atoms with E-state index in [0.717, 1.165) is 17.5 Å². The number of fused-ring (bicyclic) bond motifs is 1. The van der Waals surface area contributed by atoms with Crippen LogP contribution in [0.3, 0.4) is 0 Å². The number of carbonyl (C=O) groups is 1. The highest BCUT2D eigenvalue weighted by Crippen LogP contribution is 2.34. The van der Waals surface area contributed by atoms with Gasteiger partial charge in [0.25, 0.3) is 15.9 Å². The second-order valence-electron chi connectivity index (χ2n) is 7.32. The molecule has 0 unspecified atom stereocenters. The second kappa shape index (κ2) is 8.43. The quantitative estimate of drug-likeness (QED) is 0.626. The van der Waals surface area contributed by atoms with Crippen molar-refractivity contribution in [2.24, 2.45) is 0 Å². The lowest BCUT2D eigenvalue weighted by Gasteiger charge is -2.20. The Labute approximate surface area is 182 Å². The van der Waals surface area contributed by atoms with Crippen LogP contribution in [0.2, 0.25) is 0 Å². The average Bonchev–Trinajstić information content (AvgIpc) is 3.24. The number of amides is 1. The minimum Gasteiger partial charge on any atom is -0.496 e. The molecule has 6 nitrogen and oxygen atoms in total. The number of aryl methyl sites for hydroxylation is 1. The molecule has 7 heteroatoms. The number of nitrogens with one attached hydrogen (secondary N) is 1. The number of carbonyl (C=O) groups excluding carboxylic acids is 1. The van der Waals surface area contributed by atoms with Gasteiger partial charge in [-0.3, -0.25) is 9.10 Å². The first-order valence-electron chi connectivity index (χ1n) is 10.1. The number of nitrogens with zero attached hydrogens (tertiary/aromatic N) is 1. The summed E-state index contributed by atoms with van der Waals surface area (Å²) in [5.41, 5.74) is 3.63. The van der Waals surface area contributed by atoms with Crippen molar-refractivity contribution in [1.29, 1.82) is 0 Å². The second-order valence-corrected chi connectivity index (χ2v) is 9.18. The Hall–Kier alpha value is -3.32. The highest BCUT2D eigenvalue weighted by molar-refractivity contribution is 7.92. The van der Waals surface area contributed by atoms with Gasteiger partial charge in [0.15, 0.2) is 0 Å². The van der Waals surface area contributed by atoms with E-state index in [0.29, 0.717) is 30.1 Å². The SMILES string of the molecule is CCc1ccc(NC(=O)c2cc(S(=O)(=O)N3CCc4ccccc43)ccc2OC)cc1. The van der Waals surface area contributed by atoms with E-state index in [1.165, 1.54) is 29.6 Å². The largest absolute Gasteiger partial charge is 0.496 e. The molecule has 0 radical (unpaired) electrons. The number of methoxy groups -OCH3 is 1. The Morgan fingerprint density at radius 1 is 1.06 bits per heavy atom. The van der Waals surface area contributed by atoms with Crippen LogP contribution < -0.4 is 14.4 Å². The van der Waals surface area contributed by atoms with E-state index in [9.17, 15) is 13.2 Å². The zero-order chi connectivity index (χ0) is 22.0. The maximum Gasteiger partial charge on any atom is 0.264 e. The molecule has 3 aromatic carbocycles. The minimum atomic E-state index is -3.82. The van der Waals surface area contributed by atoms with Crippen LogP contribution in [0, 0.1) is 0 Å². The number of benzene rings is 3. The summed E-state index contributed by atoms with van der Waals surface area (Å²) in [6.07, 6.45) is 1.56. The summed E-state index contributed by atoms with van der Waals surface area (Å²) in [6.45, 7) is 2.43. The third kappa shape index (κ3) is 4.01. The molecule has 1 amide bonds. The minimum absolute atomic E-state index is 0.0523. The van der Waals surface area contributed by atoms with Crippen molar-refractivity contribution in [2.45, 2.75) is 24.7 Å². The predicted molar refractivity (Wildman–Crippen MR) is 121 cm³/mol. The third-order valence-corrected chi connectivity index (χ3v) is 7.28. The zero-order valence-corrected chi connectivity index (χ0v) is 18.3. The molecule has 0 bridgehead atoms. The van der Waals surface area contributed by atoms with Gasteiger partial charge in [-0.05, 0) is 60.4 Å². The summed E-state index contributed by atoms with van der Waals surface area (Å²) in [5.74, 6) is -0.122. The molecule has 1 heterocycles. The summed E-state index contributed by atoms with van der Waals surface area (Å²) in [7, 11) is -2.37. The van der Waals surface area contributed by atoms with Gasteiger partial charge in [0.05, 0.1) is 23.3 Å². The highest BCUT2D eigenvalue weighted by Gasteiger charge is 2.31. The molecule has 4 rings (SSSR count). The van der Waals surface area contributed by atoms with E-state index in [-0.39, 0.29) is 10.5 Å². The first kappa shape index (κ1) is 20.9. The van der Waals surface area contributed by atoms with Gasteiger partial charge in [-0.25, -0.2) is 8.42 Å². The fourth-order valence-corrected chi connectivity index (χ4v) is 5.26. The van der Waals surface area contributed by atoms with Crippen molar-refractivity contribution in [3.63, 3.8) is 0 Å². The fraction of sp³-hybridized carbons (Fsp3) is 0.208. The van der Waals surface area contributed by atoms with Crippen LogP contribution in [0.15, 0.2) is 71.6 Å². The molecular weight excluding hydrogens is 412 g/mol. The number of ether oxygens (including phenoxy) is 1. The van der Waals surface area contributed by atoms with Crippen molar-refractivity contribution in [3.8, 4) is 5.75 Å². The molecule has 160 valence electrons. The van der Waals surface area contributed by atoms with Gasteiger partial charge in [0.1, 0.15) is 5.75 Å². The molecule has 1 N–H and O–H groups in total. The van der Waals surface area contributed by atoms with Gasteiger partial charge in [-0.1, -0.05) is 37.3 Å². The first-order chi connectivity index (χ1) is 14.9. The van der Waals surface area contributed by atoms with E-state index >= 15 is 0 Å². The fourth-order valence-electron chi connectivity index (χ4n) is 3.73. The molecular formula is C24H24N2O4S. The number of hydrogen-bond donors (Lipinski definition) is 1. The van der Waals surface area contributed by atoms with Crippen molar-refractivity contribution < 1.29 is 17.9 Å². The van der Waals surface area contributed by atoms with Crippen molar-refractivity contribution >= 4 is 27.3 Å². The molecule has 0 aliphatic carbocycles. The topological polar surface area (TPSA) is 75.7 Å². The van der Waals surface area contributed by atoms with Gasteiger partial charge in [0.2, 0.25) is 0 Å². The van der Waals surface area contributed by atoms with Crippen LogP contribution in [0.25, 0.3) is 0 Å². The lowest BCUT2D eigenvalue weighted by atomic mass is 10.1. The number of para-hydroxylation sites is 1. The smallest absolute Gasteiger partial charge is 0.264 e. The lowest BCUT2D eigenvalue weighted by molar-refractivity contribution is 0.102. The Morgan fingerprint density at radius 3 is 2.52 bits per heavy atom. The maximum absolute atomic E-state index is 13.4. The van der Waals surface area contributed by atoms with Gasteiger partial charge in [-0.2, -0.15) is 0 Å². The molecule has 0 atom stereocenters. The van der Waals surface area contributed by atoms with E-state index in [2.05, 4.69) is 12.2 Å². The van der Waals surface area contributed by atoms with Crippen LogP contribution >= 0.6 is 0 Å². The van der Waals surface area contributed by atoms with Gasteiger partial charge >= 0.3 is 0 Å². The molecule has 0 spiro atoms. The predicted octanol–water partition coefficient (Wildman–Crippen LogP) is 4.26. The van der Waals surface area contributed by atoms with Gasteiger partial charge in [-0.15, -0.1) is 0 Å². The van der Waals surface area contributed by atoms with Crippen molar-refractivity contribution in [1.82, 2.24) is 0 Å². The molecule has 0 saturated heterocycles. The summed E-state index contributed by atoms with van der Waals surface area (Å²) in [4.78, 5) is 13.0. The Balaban J connectivity index is 1.66. The van der Waals surface area contributed by atoms with Crippen molar-refractivity contribution in [2.75, 3.05) is 23.3 Å². The van der Waals surface area contributed by atoms with Gasteiger partial charge < -0.3 is 10.1 Å². The van der Waals surface area contributed by atoms with Crippen molar-refractivity contribution in [3.05, 3.63) is 83.4 Å². The standard InChI is InChI=1S/C24H24N2O4S/c1-3-17-8-10-19(11-9-17)25-24(27)21-16-20(12-13-23(21)30-2)31(28,29)26-15-14-18-6-4-5-7-22(18)26/h4-13,16H,3,14-15H2,1-2H3,(H,25,27). The first-order valence-corrected chi connectivity index (χ1v) is 11.6. The number of sulfonamides is 1. The van der Waals surface area contributed by atoms with E-state index < -0.39 is 15.9 Å². The number of rotatable bonds is 6. The van der Waals surface area contributed by atoms with Crippen LogP contribution in [0.5, 0.6) is 5.75 Å². The van der Waals surface area contributed by atoms with Crippen LogP contribution in [-0.4, -0.2) is 28.0 Å². The Morgan fingerprint density at radius 2 is 1.81 bits per heavy atom. The van der Waals surface area contributed by atoms with Gasteiger partial charge in [0, 0.05) is 12.2 Å². The third-order valence-electron chi connectivity index (χ3n) is 5.47. The zero-order valence-electron chi connectivity index (χ0n) is 17.5. The van der Waals surface area contributed by atoms with Crippen LogP contribution in [0.1, 0.15) is 28.4 Å². The normalized spacial score (nSPS) is 13.0. The molecule has 0 saturated carbocycles. The number of anilines is 2. The molecule has 0 fully saturated rings. The van der Waals surface area contributed by atoms with Crippen LogP contribution in [-0.2, 0) is 22.9 Å². The average molecular weight is 437 g/mol. The summed E-state index contributed by atoms with van der Waals surface area (Å²) >= 11 is 0. The van der Waals surface area contributed by atoms with E-state index in [1.807, 2.05) is 42.5 Å². The monoisotopic (exact) mass is 436 g/mol. The summed E-state index contributed by atoms with van der Waals surface area (Å²) < 4.78 is 33.4. The van der Waals surface area contributed by atoms with E-state index in [4.69, 9.17) is 4.74 Å². The summed E-state index contributed by atoms with van der Waals surface area (Å²) in [5, 5.41) is 2.82. The number of hydrogen-bond acceptors (Lipinski definition) is 4. The Bertz CT molecular complexity index is 1220. The van der Waals surface area contributed by atoms with E-state index in [1.54, 1.807) is 6.07 Å². The highest BCUT2D eigenvalue weighted by atomic mass is 32.2. The molecule has 31 heavy (non-hydrogen) atoms. The summed E-state index contributed by atoms with van der Waals surface area (Å²) in [6, 6.07) is 19.4. The lowest BCUT2D eigenvalue weighted by Crippen LogP contribution is -2.29. The maximum atomic E-state index is 13.4. The Kier molecular flexibility index (Phi) is 5.69. The molecule has 0 aromatic heterocycles. The molecule has 1 aliphatic heterocycles. The van der Waals surface area contributed by atoms with Crippen LogP contribution in [0.4, 0.5) is 11.4 Å².